The molecule has 0 aromatic heterocycles. The molecule has 218 valence electrons. The van der Waals surface area contributed by atoms with E-state index >= 15 is 0 Å². The van der Waals surface area contributed by atoms with Crippen LogP contribution < -0.4 is 4.74 Å². The second-order valence-electron chi connectivity index (χ2n) is 11.4. The highest BCUT2D eigenvalue weighted by Gasteiger charge is 2.55. The maximum Gasteiger partial charge on any atom is 0.491 e. The summed E-state index contributed by atoms with van der Waals surface area (Å²) in [4.78, 5) is 29.0. The molecule has 1 spiro atoms. The monoisotopic (exact) mass is 560 g/mol. The average molecular weight is 561 g/mol. The van der Waals surface area contributed by atoms with E-state index in [4.69, 9.17) is 9.47 Å². The molecule has 40 heavy (non-hydrogen) atoms. The van der Waals surface area contributed by atoms with Crippen LogP contribution in [0.15, 0.2) is 48.5 Å². The van der Waals surface area contributed by atoms with Gasteiger partial charge in [-0.05, 0) is 68.5 Å². The Morgan fingerprint density at radius 2 is 1.65 bits per heavy atom. The average Bonchev–Trinajstić information content (AvgIpc) is 3.26. The van der Waals surface area contributed by atoms with E-state index in [0.717, 1.165) is 29.7 Å². The summed E-state index contributed by atoms with van der Waals surface area (Å²) in [5, 5.41) is 0. The van der Waals surface area contributed by atoms with Gasteiger partial charge >= 0.3 is 12.1 Å². The Morgan fingerprint density at radius 1 is 1.00 bits per heavy atom. The molecule has 9 heteroatoms. The van der Waals surface area contributed by atoms with Gasteiger partial charge in [0.05, 0.1) is 6.61 Å². The van der Waals surface area contributed by atoms with Crippen LogP contribution in [-0.4, -0.2) is 60.3 Å². The van der Waals surface area contributed by atoms with Crippen LogP contribution in [0.5, 0.6) is 5.75 Å². The number of hydrogen-bond donors (Lipinski definition) is 0. The highest BCUT2D eigenvalue weighted by Crippen LogP contribution is 2.47. The Morgan fingerprint density at radius 3 is 2.27 bits per heavy atom. The van der Waals surface area contributed by atoms with E-state index in [0.29, 0.717) is 57.0 Å². The van der Waals surface area contributed by atoms with Crippen molar-refractivity contribution < 1.29 is 32.2 Å². The van der Waals surface area contributed by atoms with Crippen molar-refractivity contribution in [3.05, 3.63) is 65.2 Å². The summed E-state index contributed by atoms with van der Waals surface area (Å²) in [6, 6.07) is 15.0. The van der Waals surface area contributed by atoms with Gasteiger partial charge in [-0.1, -0.05) is 57.5 Å². The predicted octanol–water partition coefficient (Wildman–Crippen LogP) is 6.23. The maximum atomic E-state index is 13.5. The standard InChI is InChI=1S/C31H39F3N2O4/c1-4-7-23-10-12-24(13-11-23)27(37)36-19-16-30(28(36)40-29(38)31(32,33)34)14-17-35(18-15-30)20-25-8-5-6-9-26(25)39-21-22(2)3/h5-6,8-13,22,28H,4,7,14-21H2,1-3H3. The first-order valence-corrected chi connectivity index (χ1v) is 14.1. The molecule has 2 heterocycles. The van der Waals surface area contributed by atoms with Crippen LogP contribution >= 0.6 is 0 Å². The van der Waals surface area contributed by atoms with Crippen LogP contribution in [-0.2, 0) is 22.5 Å². The molecule has 0 saturated carbocycles. The van der Waals surface area contributed by atoms with Gasteiger partial charge in [0.15, 0.2) is 6.23 Å². The van der Waals surface area contributed by atoms with Gasteiger partial charge in [0.25, 0.3) is 5.91 Å². The van der Waals surface area contributed by atoms with E-state index < -0.39 is 29.7 Å². The maximum absolute atomic E-state index is 13.5. The third kappa shape index (κ3) is 6.97. The molecule has 0 N–H and O–H groups in total. The number of carbonyl (C=O) groups is 2. The van der Waals surface area contributed by atoms with Gasteiger partial charge in [0, 0.05) is 29.6 Å². The van der Waals surface area contributed by atoms with Gasteiger partial charge < -0.3 is 14.4 Å². The van der Waals surface area contributed by atoms with Crippen LogP contribution in [0.1, 0.15) is 67.9 Å². The number of hydrogen-bond acceptors (Lipinski definition) is 5. The van der Waals surface area contributed by atoms with Gasteiger partial charge in [0.1, 0.15) is 5.75 Å². The number of aryl methyl sites for hydroxylation is 1. The molecule has 2 fully saturated rings. The molecule has 2 aliphatic rings. The molecule has 2 aromatic carbocycles. The largest absolute Gasteiger partial charge is 0.493 e. The SMILES string of the molecule is CCCc1ccc(C(=O)N2CCC3(CCN(Cc4ccccc4OCC(C)C)CC3)C2OC(=O)C(F)(F)F)cc1. The minimum absolute atomic E-state index is 0.233. The normalized spacial score (nSPS) is 19.3. The predicted molar refractivity (Wildman–Crippen MR) is 146 cm³/mol. The fraction of sp³-hybridized carbons (Fsp3) is 0.548. The minimum atomic E-state index is -5.14. The van der Waals surface area contributed by atoms with E-state index in [1.54, 1.807) is 12.1 Å². The molecule has 1 atom stereocenters. The number of nitrogens with zero attached hydrogens (tertiary/aromatic N) is 2. The number of para-hydroxylation sites is 1. The number of esters is 1. The Kier molecular flexibility index (Phi) is 9.44. The number of amides is 1. The summed E-state index contributed by atoms with van der Waals surface area (Å²) in [5.41, 5.74) is 1.78. The van der Waals surface area contributed by atoms with Gasteiger partial charge in [0.2, 0.25) is 0 Å². The summed E-state index contributed by atoms with van der Waals surface area (Å²) < 4.78 is 51.0. The number of rotatable bonds is 9. The third-order valence-electron chi connectivity index (χ3n) is 7.90. The van der Waals surface area contributed by atoms with E-state index in [-0.39, 0.29) is 6.54 Å². The van der Waals surface area contributed by atoms with Crippen LogP contribution in [0.2, 0.25) is 0 Å². The van der Waals surface area contributed by atoms with Crippen LogP contribution in [0.3, 0.4) is 0 Å². The zero-order valence-corrected chi connectivity index (χ0v) is 23.5. The molecule has 0 aliphatic carbocycles. The van der Waals surface area contributed by atoms with E-state index in [9.17, 15) is 22.8 Å². The van der Waals surface area contributed by atoms with E-state index in [2.05, 4.69) is 25.7 Å². The van der Waals surface area contributed by atoms with Crippen molar-refractivity contribution in [1.82, 2.24) is 9.80 Å². The third-order valence-corrected chi connectivity index (χ3v) is 7.90. The Labute approximate surface area is 234 Å². The quantitative estimate of drug-likeness (QED) is 0.340. The molecular formula is C31H39F3N2O4. The lowest BCUT2D eigenvalue weighted by Gasteiger charge is -2.43. The lowest BCUT2D eigenvalue weighted by atomic mass is 9.76. The lowest BCUT2D eigenvalue weighted by molar-refractivity contribution is -0.217. The van der Waals surface area contributed by atoms with Gasteiger partial charge in [-0.25, -0.2) is 4.79 Å². The number of piperidine rings is 1. The molecular weight excluding hydrogens is 521 g/mol. The fourth-order valence-electron chi connectivity index (χ4n) is 5.67. The van der Waals surface area contributed by atoms with Gasteiger partial charge in [-0.15, -0.1) is 0 Å². The van der Waals surface area contributed by atoms with Crippen molar-refractivity contribution in [3.8, 4) is 5.75 Å². The second kappa shape index (κ2) is 12.6. The van der Waals surface area contributed by atoms with Crippen LogP contribution in [0, 0.1) is 11.3 Å². The molecule has 2 aromatic rings. The van der Waals surface area contributed by atoms with Crippen molar-refractivity contribution >= 4 is 11.9 Å². The van der Waals surface area contributed by atoms with Crippen LogP contribution in [0.4, 0.5) is 13.2 Å². The van der Waals surface area contributed by atoms with E-state index in [1.165, 1.54) is 4.90 Å². The second-order valence-corrected chi connectivity index (χ2v) is 11.4. The van der Waals surface area contributed by atoms with Gasteiger partial charge in [-0.3, -0.25) is 9.69 Å². The first-order valence-electron chi connectivity index (χ1n) is 14.1. The Bertz CT molecular complexity index is 1160. The molecule has 2 saturated heterocycles. The molecule has 6 nitrogen and oxygen atoms in total. The minimum Gasteiger partial charge on any atom is -0.493 e. The summed E-state index contributed by atoms with van der Waals surface area (Å²) in [6.07, 6.45) is -3.07. The number of alkyl halides is 3. The highest BCUT2D eigenvalue weighted by molar-refractivity contribution is 5.94. The highest BCUT2D eigenvalue weighted by atomic mass is 19.4. The molecule has 1 amide bonds. The van der Waals surface area contributed by atoms with Crippen LogP contribution in [0.25, 0.3) is 0 Å². The van der Waals surface area contributed by atoms with Crippen molar-refractivity contribution in [1.29, 1.82) is 0 Å². The molecule has 0 bridgehead atoms. The van der Waals surface area contributed by atoms with Gasteiger partial charge in [-0.2, -0.15) is 13.2 Å². The topological polar surface area (TPSA) is 59.1 Å². The number of ether oxygens (including phenoxy) is 2. The summed E-state index contributed by atoms with van der Waals surface area (Å²) in [6.45, 7) is 8.93. The lowest BCUT2D eigenvalue weighted by Crippen LogP contribution is -2.51. The zero-order valence-electron chi connectivity index (χ0n) is 23.5. The number of halogens is 3. The Balaban J connectivity index is 1.49. The van der Waals surface area contributed by atoms with E-state index in [1.807, 2.05) is 36.4 Å². The fourth-order valence-corrected chi connectivity index (χ4v) is 5.67. The van der Waals surface area contributed by atoms with Crippen molar-refractivity contribution in [2.75, 3.05) is 26.2 Å². The van der Waals surface area contributed by atoms with Crippen molar-refractivity contribution in [2.24, 2.45) is 11.3 Å². The summed E-state index contributed by atoms with van der Waals surface area (Å²) in [7, 11) is 0. The van der Waals surface area contributed by atoms with Crippen molar-refractivity contribution in [3.63, 3.8) is 0 Å². The first-order chi connectivity index (χ1) is 19.0. The van der Waals surface area contributed by atoms with Crippen molar-refractivity contribution in [2.45, 2.75) is 71.8 Å². The molecule has 1 unspecified atom stereocenters. The number of likely N-dealkylation sites (tertiary alicyclic amines) is 2. The number of carbonyl (C=O) groups excluding carboxylic acids is 2. The molecule has 0 radical (unpaired) electrons. The smallest absolute Gasteiger partial charge is 0.491 e. The molecule has 4 rings (SSSR count). The number of benzene rings is 2. The zero-order chi connectivity index (χ0) is 28.9. The molecule has 2 aliphatic heterocycles. The summed E-state index contributed by atoms with van der Waals surface area (Å²) in [5.74, 6) is -1.45. The summed E-state index contributed by atoms with van der Waals surface area (Å²) >= 11 is 0. The first kappa shape index (κ1) is 29.9. The Hall–Kier alpha value is -3.07.